The van der Waals surface area contributed by atoms with Crippen molar-refractivity contribution in [3.63, 3.8) is 0 Å². The van der Waals surface area contributed by atoms with Gasteiger partial charge in [-0.3, -0.25) is 4.79 Å². The van der Waals surface area contributed by atoms with Crippen molar-refractivity contribution in [2.75, 3.05) is 0 Å². The second-order valence-electron chi connectivity index (χ2n) is 7.18. The molecule has 126 valence electrons. The molecule has 2 aromatic carbocycles. The van der Waals surface area contributed by atoms with Crippen molar-refractivity contribution in [3.05, 3.63) is 69.3 Å². The highest BCUT2D eigenvalue weighted by molar-refractivity contribution is 5.94. The lowest BCUT2D eigenvalue weighted by molar-refractivity contribution is 0.0939. The van der Waals surface area contributed by atoms with E-state index in [2.05, 4.69) is 57.3 Å². The highest BCUT2D eigenvalue weighted by atomic mass is 16.1. The molecule has 1 aliphatic rings. The molecule has 3 rings (SSSR count). The number of aryl methyl sites for hydroxylation is 5. The fraction of sp³-hybridized carbons (Fsp3) is 0.409. The second-order valence-corrected chi connectivity index (χ2v) is 7.18. The van der Waals surface area contributed by atoms with E-state index < -0.39 is 0 Å². The van der Waals surface area contributed by atoms with E-state index in [0.29, 0.717) is 0 Å². The van der Waals surface area contributed by atoms with Crippen LogP contribution in [-0.2, 0) is 12.8 Å². The lowest BCUT2D eigenvalue weighted by Crippen LogP contribution is -2.27. The van der Waals surface area contributed by atoms with E-state index in [1.54, 1.807) is 0 Å². The Morgan fingerprint density at radius 2 is 1.58 bits per heavy atom. The zero-order valence-electron chi connectivity index (χ0n) is 15.2. The van der Waals surface area contributed by atoms with Gasteiger partial charge in [-0.1, -0.05) is 18.2 Å². The zero-order valence-corrected chi connectivity index (χ0v) is 15.2. The van der Waals surface area contributed by atoms with Crippen LogP contribution in [0.15, 0.2) is 30.3 Å². The van der Waals surface area contributed by atoms with Gasteiger partial charge in [-0.2, -0.15) is 0 Å². The summed E-state index contributed by atoms with van der Waals surface area (Å²) in [5.41, 5.74) is 8.54. The first-order chi connectivity index (χ1) is 11.5. The van der Waals surface area contributed by atoms with Gasteiger partial charge in [-0.15, -0.1) is 0 Å². The normalized spacial score (nSPS) is 14.8. The number of benzene rings is 2. The summed E-state index contributed by atoms with van der Waals surface area (Å²) in [4.78, 5) is 12.7. The van der Waals surface area contributed by atoms with Gasteiger partial charge in [0.2, 0.25) is 0 Å². The minimum atomic E-state index is 0.00725. The number of hydrogen-bond donors (Lipinski definition) is 1. The first kappa shape index (κ1) is 16.8. The van der Waals surface area contributed by atoms with Crippen molar-refractivity contribution < 1.29 is 4.79 Å². The highest BCUT2D eigenvalue weighted by Crippen LogP contribution is 2.24. The number of hydrogen-bond acceptors (Lipinski definition) is 1. The van der Waals surface area contributed by atoms with E-state index in [1.807, 2.05) is 6.07 Å². The van der Waals surface area contributed by atoms with Gasteiger partial charge in [-0.05, 0) is 98.9 Å². The van der Waals surface area contributed by atoms with E-state index in [4.69, 9.17) is 0 Å². The smallest absolute Gasteiger partial charge is 0.251 e. The molecule has 0 saturated carbocycles. The summed E-state index contributed by atoms with van der Waals surface area (Å²) < 4.78 is 0. The maximum atomic E-state index is 12.7. The molecule has 2 aromatic rings. The molecule has 2 nitrogen and oxygen atoms in total. The van der Waals surface area contributed by atoms with Crippen molar-refractivity contribution in [2.45, 2.75) is 59.4 Å². The number of fused-ring (bicyclic) bond motifs is 1. The lowest BCUT2D eigenvalue weighted by atomic mass is 9.90. The molecule has 2 heteroatoms. The van der Waals surface area contributed by atoms with Crippen LogP contribution in [0.1, 0.15) is 69.5 Å². The lowest BCUT2D eigenvalue weighted by Gasteiger charge is -2.20. The van der Waals surface area contributed by atoms with Crippen LogP contribution in [-0.4, -0.2) is 5.91 Å². The molecule has 0 aromatic heterocycles. The monoisotopic (exact) mass is 321 g/mol. The first-order valence-corrected chi connectivity index (χ1v) is 8.96. The Labute approximate surface area is 145 Å². The predicted octanol–water partition coefficient (Wildman–Crippen LogP) is 4.98. The SMILES string of the molecule is Cc1cc(C)c([C@@H](C)NC(=O)c2ccc3c(c2)CCCC3)cc1C. The number of amides is 1. The summed E-state index contributed by atoms with van der Waals surface area (Å²) in [7, 11) is 0. The Morgan fingerprint density at radius 3 is 2.33 bits per heavy atom. The maximum Gasteiger partial charge on any atom is 0.251 e. The van der Waals surface area contributed by atoms with Crippen LogP contribution in [0.25, 0.3) is 0 Å². The number of carbonyl (C=O) groups excluding carboxylic acids is 1. The topological polar surface area (TPSA) is 29.1 Å². The van der Waals surface area contributed by atoms with Gasteiger partial charge in [0.1, 0.15) is 0 Å². The van der Waals surface area contributed by atoms with Gasteiger partial charge in [0.15, 0.2) is 0 Å². The Balaban J connectivity index is 1.78. The summed E-state index contributed by atoms with van der Waals surface area (Å²) in [5, 5.41) is 3.17. The molecule has 1 aliphatic carbocycles. The summed E-state index contributed by atoms with van der Waals surface area (Å²) >= 11 is 0. The summed E-state index contributed by atoms with van der Waals surface area (Å²) in [5.74, 6) is 0.0218. The molecule has 1 amide bonds. The molecule has 1 atom stereocenters. The molecule has 24 heavy (non-hydrogen) atoms. The van der Waals surface area contributed by atoms with E-state index >= 15 is 0 Å². The van der Waals surface area contributed by atoms with Crippen molar-refractivity contribution in [1.82, 2.24) is 5.32 Å². The predicted molar refractivity (Wildman–Crippen MR) is 99.6 cm³/mol. The maximum absolute atomic E-state index is 12.7. The van der Waals surface area contributed by atoms with Crippen molar-refractivity contribution >= 4 is 5.91 Å². The Kier molecular flexibility index (Phi) is 4.75. The molecule has 0 bridgehead atoms. The van der Waals surface area contributed by atoms with E-state index in [1.165, 1.54) is 46.2 Å². The summed E-state index contributed by atoms with van der Waals surface area (Å²) in [6.45, 7) is 8.43. The average Bonchev–Trinajstić information content (AvgIpc) is 2.57. The average molecular weight is 321 g/mol. The van der Waals surface area contributed by atoms with E-state index in [9.17, 15) is 4.79 Å². The van der Waals surface area contributed by atoms with Gasteiger partial charge in [0.25, 0.3) is 5.91 Å². The number of nitrogens with one attached hydrogen (secondary N) is 1. The minimum absolute atomic E-state index is 0.00725. The van der Waals surface area contributed by atoms with Gasteiger partial charge >= 0.3 is 0 Å². The van der Waals surface area contributed by atoms with Crippen LogP contribution in [0, 0.1) is 20.8 Å². The Morgan fingerprint density at radius 1 is 0.917 bits per heavy atom. The molecule has 0 saturated heterocycles. The molecule has 0 fully saturated rings. The Bertz CT molecular complexity index is 776. The fourth-order valence-electron chi connectivity index (χ4n) is 3.68. The van der Waals surface area contributed by atoms with Gasteiger partial charge < -0.3 is 5.32 Å². The van der Waals surface area contributed by atoms with E-state index in [-0.39, 0.29) is 11.9 Å². The molecule has 0 radical (unpaired) electrons. The summed E-state index contributed by atoms with van der Waals surface area (Å²) in [6.07, 6.45) is 4.75. The standard InChI is InChI=1S/C22H27NO/c1-14-11-16(3)21(12-15(14)2)17(4)23-22(24)20-10-9-18-7-5-6-8-19(18)13-20/h9-13,17H,5-8H2,1-4H3,(H,23,24)/t17-/m1/s1. The van der Waals surface area contributed by atoms with Crippen LogP contribution in [0.5, 0.6) is 0 Å². The molecular formula is C22H27NO. The second kappa shape index (κ2) is 6.80. The van der Waals surface area contributed by atoms with Crippen LogP contribution in [0.4, 0.5) is 0 Å². The number of carbonyl (C=O) groups is 1. The molecular weight excluding hydrogens is 294 g/mol. The third-order valence-electron chi connectivity index (χ3n) is 5.31. The molecule has 0 aliphatic heterocycles. The number of rotatable bonds is 3. The summed E-state index contributed by atoms with van der Waals surface area (Å²) in [6, 6.07) is 10.6. The van der Waals surface area contributed by atoms with Crippen LogP contribution < -0.4 is 5.32 Å². The molecule has 0 heterocycles. The zero-order chi connectivity index (χ0) is 17.3. The fourth-order valence-corrected chi connectivity index (χ4v) is 3.68. The van der Waals surface area contributed by atoms with Crippen molar-refractivity contribution in [1.29, 1.82) is 0 Å². The molecule has 1 N–H and O–H groups in total. The van der Waals surface area contributed by atoms with E-state index in [0.717, 1.165) is 18.4 Å². The van der Waals surface area contributed by atoms with Crippen LogP contribution in [0.3, 0.4) is 0 Å². The van der Waals surface area contributed by atoms with Crippen LogP contribution >= 0.6 is 0 Å². The quantitative estimate of drug-likeness (QED) is 0.848. The minimum Gasteiger partial charge on any atom is -0.346 e. The largest absolute Gasteiger partial charge is 0.346 e. The van der Waals surface area contributed by atoms with Gasteiger partial charge in [0, 0.05) is 5.56 Å². The third kappa shape index (κ3) is 3.38. The third-order valence-corrected chi connectivity index (χ3v) is 5.31. The van der Waals surface area contributed by atoms with Gasteiger partial charge in [-0.25, -0.2) is 0 Å². The van der Waals surface area contributed by atoms with Crippen LogP contribution in [0.2, 0.25) is 0 Å². The Hall–Kier alpha value is -2.09. The van der Waals surface area contributed by atoms with Crippen molar-refractivity contribution in [2.24, 2.45) is 0 Å². The molecule has 0 unspecified atom stereocenters. The highest BCUT2D eigenvalue weighted by Gasteiger charge is 2.16. The van der Waals surface area contributed by atoms with Crippen molar-refractivity contribution in [3.8, 4) is 0 Å². The van der Waals surface area contributed by atoms with Gasteiger partial charge in [0.05, 0.1) is 6.04 Å². The molecule has 0 spiro atoms. The first-order valence-electron chi connectivity index (χ1n) is 8.96.